The average molecular weight is 254 g/mol. The third kappa shape index (κ3) is 3.61. The average Bonchev–Trinajstić information content (AvgIpc) is 2.62. The predicted molar refractivity (Wildman–Crippen MR) is 61.7 cm³/mol. The number of hydrogen-bond donors (Lipinski definition) is 1. The second-order valence-corrected chi connectivity index (χ2v) is 5.40. The Morgan fingerprint density at radius 3 is 2.79 bits per heavy atom. The van der Waals surface area contributed by atoms with Gasteiger partial charge in [0.1, 0.15) is 0 Å². The van der Waals surface area contributed by atoms with E-state index in [1.54, 1.807) is 0 Å². The Hall–Kier alpha value is -0.0400. The fourth-order valence-electron chi connectivity index (χ4n) is 0.654. The van der Waals surface area contributed by atoms with E-state index in [1.807, 2.05) is 19.0 Å². The number of nitrogens with zero attached hydrogens (tertiary/aromatic N) is 3. The lowest BCUT2D eigenvalue weighted by Gasteiger charge is -2.04. The van der Waals surface area contributed by atoms with Crippen molar-refractivity contribution in [1.82, 2.24) is 10.2 Å². The summed E-state index contributed by atoms with van der Waals surface area (Å²) in [6, 6.07) is 0. The van der Waals surface area contributed by atoms with Gasteiger partial charge in [-0.3, -0.25) is 0 Å². The number of rotatable bonds is 5. The van der Waals surface area contributed by atoms with E-state index in [2.05, 4.69) is 10.2 Å². The molecule has 0 amide bonds. The Morgan fingerprint density at radius 2 is 2.29 bits per heavy atom. The van der Waals surface area contributed by atoms with E-state index in [-0.39, 0.29) is 5.88 Å². The molecule has 0 radical (unpaired) electrons. The summed E-state index contributed by atoms with van der Waals surface area (Å²) in [7, 11) is 3.84. The highest BCUT2D eigenvalue weighted by Crippen LogP contribution is 2.27. The molecule has 1 unspecified atom stereocenters. The van der Waals surface area contributed by atoms with Crippen LogP contribution < -0.4 is 4.90 Å². The first-order valence-corrected chi connectivity index (χ1v) is 6.34. The van der Waals surface area contributed by atoms with Crippen molar-refractivity contribution in [2.45, 2.75) is 10.4 Å². The molecular weight excluding hydrogens is 242 g/mol. The van der Waals surface area contributed by atoms with Crippen LogP contribution in [0.2, 0.25) is 0 Å². The summed E-state index contributed by atoms with van der Waals surface area (Å²) in [5, 5.41) is 18.1. The van der Waals surface area contributed by atoms with E-state index in [4.69, 9.17) is 11.6 Å². The molecular formula is C7H12ClN3OS2. The Kier molecular flexibility index (Phi) is 4.94. The van der Waals surface area contributed by atoms with Gasteiger partial charge in [0.25, 0.3) is 0 Å². The molecule has 4 nitrogen and oxygen atoms in total. The van der Waals surface area contributed by atoms with Gasteiger partial charge in [-0.05, 0) is 0 Å². The number of hydrogen-bond acceptors (Lipinski definition) is 6. The minimum Gasteiger partial charge on any atom is -0.391 e. The maximum atomic E-state index is 9.23. The van der Waals surface area contributed by atoms with Gasteiger partial charge in [-0.1, -0.05) is 23.1 Å². The zero-order chi connectivity index (χ0) is 10.6. The van der Waals surface area contributed by atoms with Crippen molar-refractivity contribution in [3.63, 3.8) is 0 Å². The summed E-state index contributed by atoms with van der Waals surface area (Å²) in [5.41, 5.74) is 0. The first-order valence-electron chi connectivity index (χ1n) is 4.01. The second kappa shape index (κ2) is 5.75. The van der Waals surface area contributed by atoms with Gasteiger partial charge >= 0.3 is 0 Å². The number of anilines is 1. The van der Waals surface area contributed by atoms with Gasteiger partial charge in [0.05, 0.1) is 6.10 Å². The van der Waals surface area contributed by atoms with Gasteiger partial charge in [0.15, 0.2) is 4.34 Å². The highest BCUT2D eigenvalue weighted by molar-refractivity contribution is 8.01. The molecule has 1 heterocycles. The highest BCUT2D eigenvalue weighted by Gasteiger charge is 2.08. The first-order chi connectivity index (χ1) is 6.63. The molecule has 14 heavy (non-hydrogen) atoms. The van der Waals surface area contributed by atoms with Crippen LogP contribution in [0.25, 0.3) is 0 Å². The van der Waals surface area contributed by atoms with Crippen LogP contribution in [-0.4, -0.2) is 47.1 Å². The molecule has 0 fully saturated rings. The van der Waals surface area contributed by atoms with E-state index in [1.165, 1.54) is 23.1 Å². The van der Waals surface area contributed by atoms with E-state index >= 15 is 0 Å². The van der Waals surface area contributed by atoms with Gasteiger partial charge in [0, 0.05) is 25.7 Å². The Morgan fingerprint density at radius 1 is 1.57 bits per heavy atom. The standard InChI is InChI=1S/C7H12ClN3OS2/c1-11(2)6-9-10-7(14-6)13-4-5(12)3-8/h5,12H,3-4H2,1-2H3. The van der Waals surface area contributed by atoms with Crippen molar-refractivity contribution < 1.29 is 5.11 Å². The minimum absolute atomic E-state index is 0.256. The summed E-state index contributed by atoms with van der Waals surface area (Å²) >= 11 is 8.45. The largest absolute Gasteiger partial charge is 0.391 e. The van der Waals surface area contributed by atoms with Crippen LogP contribution in [0, 0.1) is 0 Å². The number of aliphatic hydroxyl groups excluding tert-OH is 1. The Labute approximate surface area is 96.3 Å². The van der Waals surface area contributed by atoms with E-state index in [0.29, 0.717) is 5.75 Å². The molecule has 0 bridgehead atoms. The normalized spacial score (nSPS) is 12.9. The van der Waals surface area contributed by atoms with Crippen molar-refractivity contribution in [2.24, 2.45) is 0 Å². The molecule has 7 heteroatoms. The molecule has 1 N–H and O–H groups in total. The van der Waals surface area contributed by atoms with E-state index < -0.39 is 6.10 Å². The third-order valence-electron chi connectivity index (χ3n) is 1.36. The van der Waals surface area contributed by atoms with Gasteiger partial charge < -0.3 is 10.0 Å². The molecule has 0 aromatic carbocycles. The molecule has 1 rings (SSSR count). The SMILES string of the molecule is CN(C)c1nnc(SCC(O)CCl)s1. The van der Waals surface area contributed by atoms with Gasteiger partial charge in [-0.2, -0.15) is 0 Å². The minimum atomic E-state index is -0.478. The lowest BCUT2D eigenvalue weighted by atomic mass is 10.5. The first kappa shape index (κ1) is 12.0. The summed E-state index contributed by atoms with van der Waals surface area (Å²) in [6.45, 7) is 0. The smallest absolute Gasteiger partial charge is 0.208 e. The van der Waals surface area contributed by atoms with Crippen LogP contribution in [0.3, 0.4) is 0 Å². The molecule has 1 aromatic rings. The Balaban J connectivity index is 2.44. The van der Waals surface area contributed by atoms with Crippen LogP contribution >= 0.6 is 34.7 Å². The molecule has 0 aliphatic rings. The zero-order valence-electron chi connectivity index (χ0n) is 7.97. The van der Waals surface area contributed by atoms with Crippen molar-refractivity contribution in [2.75, 3.05) is 30.6 Å². The monoisotopic (exact) mass is 253 g/mol. The summed E-state index contributed by atoms with van der Waals surface area (Å²) < 4.78 is 0.859. The van der Waals surface area contributed by atoms with Crippen LogP contribution in [0.15, 0.2) is 4.34 Å². The fraction of sp³-hybridized carbons (Fsp3) is 0.714. The van der Waals surface area contributed by atoms with Crippen molar-refractivity contribution in [3.8, 4) is 0 Å². The molecule has 1 atom stereocenters. The van der Waals surface area contributed by atoms with Crippen molar-refractivity contribution in [3.05, 3.63) is 0 Å². The summed E-state index contributed by atoms with van der Waals surface area (Å²) in [4.78, 5) is 1.90. The second-order valence-electron chi connectivity index (χ2n) is 2.86. The topological polar surface area (TPSA) is 49.2 Å². The number of aliphatic hydroxyl groups is 1. The van der Waals surface area contributed by atoms with Crippen LogP contribution in [0.1, 0.15) is 0 Å². The maximum absolute atomic E-state index is 9.23. The number of thioether (sulfide) groups is 1. The van der Waals surface area contributed by atoms with Gasteiger partial charge in [-0.25, -0.2) is 0 Å². The Bertz CT molecular complexity index is 282. The third-order valence-corrected chi connectivity index (χ3v) is 4.08. The fourth-order valence-corrected chi connectivity index (χ4v) is 2.61. The van der Waals surface area contributed by atoms with Crippen LogP contribution in [0.4, 0.5) is 5.13 Å². The summed E-state index contributed by atoms with van der Waals surface area (Å²) in [5.74, 6) is 0.817. The molecule has 0 saturated heterocycles. The quantitative estimate of drug-likeness (QED) is 0.633. The molecule has 0 spiro atoms. The number of alkyl halides is 1. The zero-order valence-corrected chi connectivity index (χ0v) is 10.4. The lowest BCUT2D eigenvalue weighted by Crippen LogP contribution is -2.10. The van der Waals surface area contributed by atoms with Crippen molar-refractivity contribution >= 4 is 39.8 Å². The van der Waals surface area contributed by atoms with Gasteiger partial charge in [-0.15, -0.1) is 21.8 Å². The highest BCUT2D eigenvalue weighted by atomic mass is 35.5. The van der Waals surface area contributed by atoms with E-state index in [9.17, 15) is 5.11 Å². The molecule has 0 saturated carbocycles. The van der Waals surface area contributed by atoms with Gasteiger partial charge in [0.2, 0.25) is 5.13 Å². The predicted octanol–water partition coefficient (Wildman–Crippen LogP) is 1.30. The summed E-state index contributed by atoms with van der Waals surface area (Å²) in [6.07, 6.45) is -0.478. The molecule has 1 aromatic heterocycles. The molecule has 0 aliphatic carbocycles. The molecule has 0 aliphatic heterocycles. The van der Waals surface area contributed by atoms with E-state index in [0.717, 1.165) is 9.47 Å². The maximum Gasteiger partial charge on any atom is 0.208 e. The van der Waals surface area contributed by atoms with Crippen LogP contribution in [-0.2, 0) is 0 Å². The van der Waals surface area contributed by atoms with Crippen molar-refractivity contribution in [1.29, 1.82) is 0 Å². The van der Waals surface area contributed by atoms with Crippen LogP contribution in [0.5, 0.6) is 0 Å². The lowest BCUT2D eigenvalue weighted by molar-refractivity contribution is 0.223. The number of halogens is 1. The number of aromatic nitrogens is 2. The molecule has 80 valence electrons.